The number of para-hydroxylation sites is 2. The minimum absolute atomic E-state index is 0.0559. The molecule has 1 aliphatic heterocycles. The smallest absolute Gasteiger partial charge is 0.202 e. The molecule has 2 aliphatic carbocycles. The van der Waals surface area contributed by atoms with Crippen molar-refractivity contribution in [1.82, 2.24) is 9.88 Å². The number of furan rings is 1. The molecule has 218 valence electrons. The molecule has 4 nitrogen and oxygen atoms in total. The number of allylic oxidation sites excluding steroid dienone is 2. The molecular weight excluding hydrogens is 550 g/mol. The van der Waals surface area contributed by atoms with E-state index >= 15 is 0 Å². The lowest BCUT2D eigenvalue weighted by atomic mass is 9.73. The monoisotopic (exact) mass is 583 g/mol. The molecule has 0 bridgehead atoms. The number of rotatable bonds is 2. The summed E-state index contributed by atoms with van der Waals surface area (Å²) < 4.78 is 9.02. The number of benzene rings is 5. The molecule has 5 aromatic carbocycles. The first kappa shape index (κ1) is 25.3. The fourth-order valence-corrected chi connectivity index (χ4v) is 8.65. The van der Waals surface area contributed by atoms with Gasteiger partial charge in [0.1, 0.15) is 5.58 Å². The van der Waals surface area contributed by atoms with E-state index in [0.717, 1.165) is 16.9 Å². The normalized spacial score (nSPS) is 23.2. The summed E-state index contributed by atoms with van der Waals surface area (Å²) in [5.41, 5.74) is 8.74. The molecule has 0 radical (unpaired) electrons. The Morgan fingerprint density at radius 1 is 0.733 bits per heavy atom. The number of fused-ring (bicyclic) bond motifs is 10. The van der Waals surface area contributed by atoms with Gasteiger partial charge in [-0.25, -0.2) is 0 Å². The van der Waals surface area contributed by atoms with Crippen LogP contribution < -0.4 is 10.6 Å². The zero-order valence-corrected chi connectivity index (χ0v) is 25.3. The standard InChI is InChI=1S/C41H33N3O/c1-41(2)32-16-8-5-13-27(32)30-22-26(19-20-33(30)41)38-37-29-15-7-10-18-36(29)45-39(37)43-40(42-38)44-34-17-9-6-14-28(34)31-21-24-11-3-4-12-25(24)23-35(31)44/h3-23,30,33,38,40,42-43H,1-2H3. The minimum Gasteiger partial charge on any atom is -0.440 e. The van der Waals surface area contributed by atoms with Crippen LogP contribution in [0.15, 0.2) is 137 Å². The molecule has 10 rings (SSSR count). The summed E-state index contributed by atoms with van der Waals surface area (Å²) in [4.78, 5) is 0. The number of aromatic nitrogens is 1. The largest absolute Gasteiger partial charge is 0.440 e. The summed E-state index contributed by atoms with van der Waals surface area (Å²) in [6.07, 6.45) is 7.14. The Morgan fingerprint density at radius 3 is 2.36 bits per heavy atom. The number of hydrogen-bond donors (Lipinski definition) is 2. The summed E-state index contributed by atoms with van der Waals surface area (Å²) in [7, 11) is 0. The molecule has 7 aromatic rings. The van der Waals surface area contributed by atoms with Crippen molar-refractivity contribution in [3.05, 3.63) is 150 Å². The van der Waals surface area contributed by atoms with Crippen molar-refractivity contribution in [2.45, 2.75) is 37.5 Å². The molecule has 45 heavy (non-hydrogen) atoms. The third-order valence-electron chi connectivity index (χ3n) is 10.8. The third-order valence-corrected chi connectivity index (χ3v) is 10.8. The van der Waals surface area contributed by atoms with Gasteiger partial charge < -0.3 is 14.3 Å². The van der Waals surface area contributed by atoms with Crippen LogP contribution in [0, 0.1) is 5.92 Å². The van der Waals surface area contributed by atoms with Gasteiger partial charge in [0.2, 0.25) is 5.88 Å². The SMILES string of the molecule is CC1(C)c2ccccc2C2C=C(C3NC(n4c5ccccc5c5cc6ccccc6cc54)Nc4oc5ccccc5c43)C=CC21. The summed E-state index contributed by atoms with van der Waals surface area (Å²) in [5.74, 6) is 1.61. The van der Waals surface area contributed by atoms with Gasteiger partial charge in [-0.05, 0) is 63.1 Å². The first-order chi connectivity index (χ1) is 22.1. The molecule has 4 heteroatoms. The quantitative estimate of drug-likeness (QED) is 0.213. The van der Waals surface area contributed by atoms with Crippen LogP contribution >= 0.6 is 0 Å². The van der Waals surface area contributed by atoms with E-state index in [0.29, 0.717) is 11.8 Å². The maximum absolute atomic E-state index is 6.59. The highest BCUT2D eigenvalue weighted by Crippen LogP contribution is 2.55. The summed E-state index contributed by atoms with van der Waals surface area (Å²) >= 11 is 0. The van der Waals surface area contributed by atoms with E-state index in [1.807, 2.05) is 0 Å². The molecule has 4 atom stereocenters. The first-order valence-electron chi connectivity index (χ1n) is 16.0. The first-order valence-corrected chi connectivity index (χ1v) is 16.0. The van der Waals surface area contributed by atoms with E-state index in [1.54, 1.807) is 0 Å². The second-order valence-corrected chi connectivity index (χ2v) is 13.5. The highest BCUT2D eigenvalue weighted by molar-refractivity contribution is 6.12. The van der Waals surface area contributed by atoms with Gasteiger partial charge in [0.25, 0.3) is 0 Å². The van der Waals surface area contributed by atoms with Crippen molar-refractivity contribution < 1.29 is 4.42 Å². The molecular formula is C41H33N3O. The highest BCUT2D eigenvalue weighted by Gasteiger charge is 2.46. The van der Waals surface area contributed by atoms with Crippen LogP contribution in [0.25, 0.3) is 43.5 Å². The lowest BCUT2D eigenvalue weighted by molar-refractivity contribution is 0.380. The van der Waals surface area contributed by atoms with Gasteiger partial charge in [-0.1, -0.05) is 117 Å². The molecule has 0 fully saturated rings. The van der Waals surface area contributed by atoms with E-state index in [-0.39, 0.29) is 17.7 Å². The predicted octanol–water partition coefficient (Wildman–Crippen LogP) is 10.1. The fraction of sp³-hybridized carbons (Fsp3) is 0.171. The molecule has 0 spiro atoms. The van der Waals surface area contributed by atoms with Crippen molar-refractivity contribution in [3.63, 3.8) is 0 Å². The van der Waals surface area contributed by atoms with Crippen LogP contribution in [0.4, 0.5) is 5.88 Å². The van der Waals surface area contributed by atoms with Crippen molar-refractivity contribution >= 4 is 49.4 Å². The number of hydrogen-bond acceptors (Lipinski definition) is 3. The number of nitrogens with one attached hydrogen (secondary N) is 2. The molecule has 4 unspecified atom stereocenters. The van der Waals surface area contributed by atoms with Crippen LogP contribution in [0.5, 0.6) is 0 Å². The topological polar surface area (TPSA) is 42.1 Å². The van der Waals surface area contributed by atoms with Gasteiger partial charge in [-0.3, -0.25) is 5.32 Å². The van der Waals surface area contributed by atoms with E-state index < -0.39 is 0 Å². The maximum Gasteiger partial charge on any atom is 0.202 e. The van der Waals surface area contributed by atoms with E-state index in [9.17, 15) is 0 Å². The molecule has 3 heterocycles. The van der Waals surface area contributed by atoms with Crippen LogP contribution in [0.1, 0.15) is 48.8 Å². The van der Waals surface area contributed by atoms with Gasteiger partial charge in [-0.2, -0.15) is 0 Å². The second kappa shape index (κ2) is 8.99. The minimum atomic E-state index is -0.231. The Kier molecular flexibility index (Phi) is 5.05. The van der Waals surface area contributed by atoms with Gasteiger partial charge in [-0.15, -0.1) is 0 Å². The summed E-state index contributed by atoms with van der Waals surface area (Å²) in [6, 6.07) is 39.4. The molecule has 3 aliphatic rings. The van der Waals surface area contributed by atoms with E-state index in [4.69, 9.17) is 4.42 Å². The predicted molar refractivity (Wildman–Crippen MR) is 185 cm³/mol. The molecule has 2 aromatic heterocycles. The lowest BCUT2D eigenvalue weighted by Crippen LogP contribution is -2.40. The summed E-state index contributed by atoms with van der Waals surface area (Å²) in [5, 5.41) is 14.0. The summed E-state index contributed by atoms with van der Waals surface area (Å²) in [6.45, 7) is 4.79. The van der Waals surface area contributed by atoms with E-state index in [2.05, 4.69) is 156 Å². The van der Waals surface area contributed by atoms with Crippen molar-refractivity contribution in [3.8, 4) is 0 Å². The second-order valence-electron chi connectivity index (χ2n) is 13.5. The average molecular weight is 584 g/mol. The number of anilines is 1. The van der Waals surface area contributed by atoms with Gasteiger partial charge in [0.15, 0.2) is 6.29 Å². The lowest BCUT2D eigenvalue weighted by Gasteiger charge is -2.37. The van der Waals surface area contributed by atoms with Gasteiger partial charge in [0.05, 0.1) is 17.1 Å². The van der Waals surface area contributed by atoms with Gasteiger partial charge >= 0.3 is 0 Å². The Morgan fingerprint density at radius 2 is 1.47 bits per heavy atom. The molecule has 0 saturated carbocycles. The van der Waals surface area contributed by atoms with Crippen molar-refractivity contribution in [2.24, 2.45) is 5.92 Å². The zero-order chi connectivity index (χ0) is 29.9. The maximum atomic E-state index is 6.59. The van der Waals surface area contributed by atoms with Crippen LogP contribution in [0.3, 0.4) is 0 Å². The highest BCUT2D eigenvalue weighted by atomic mass is 16.4. The molecule has 0 saturated heterocycles. The van der Waals surface area contributed by atoms with Crippen molar-refractivity contribution in [1.29, 1.82) is 0 Å². The molecule has 0 amide bonds. The fourth-order valence-electron chi connectivity index (χ4n) is 8.65. The molecule has 2 N–H and O–H groups in total. The Balaban J connectivity index is 1.18. The zero-order valence-electron chi connectivity index (χ0n) is 25.3. The van der Waals surface area contributed by atoms with Crippen molar-refractivity contribution in [2.75, 3.05) is 5.32 Å². The van der Waals surface area contributed by atoms with Crippen LogP contribution in [-0.2, 0) is 5.41 Å². The van der Waals surface area contributed by atoms with Crippen LogP contribution in [-0.4, -0.2) is 4.57 Å². The van der Waals surface area contributed by atoms with Gasteiger partial charge in [0, 0.05) is 27.6 Å². The Bertz CT molecular complexity index is 2400. The van der Waals surface area contributed by atoms with E-state index in [1.165, 1.54) is 54.8 Å². The van der Waals surface area contributed by atoms with Crippen LogP contribution in [0.2, 0.25) is 0 Å². The Labute approximate surface area is 261 Å². The third kappa shape index (κ3) is 3.46. The number of nitrogens with zero attached hydrogens (tertiary/aromatic N) is 1. The Hall–Kier alpha value is -5.06. The average Bonchev–Trinajstić information content (AvgIpc) is 3.68.